The van der Waals surface area contributed by atoms with Gasteiger partial charge in [-0.05, 0) is 36.1 Å². The van der Waals surface area contributed by atoms with E-state index in [1.165, 1.54) is 19.2 Å². The third-order valence-electron chi connectivity index (χ3n) is 6.24. The van der Waals surface area contributed by atoms with Gasteiger partial charge in [-0.15, -0.1) is 0 Å². The van der Waals surface area contributed by atoms with Crippen LogP contribution in [0.1, 0.15) is 23.5 Å². The van der Waals surface area contributed by atoms with Gasteiger partial charge in [0.15, 0.2) is 0 Å². The van der Waals surface area contributed by atoms with Gasteiger partial charge >= 0.3 is 0 Å². The molecular formula is C27H28F2N2O3. The fourth-order valence-corrected chi connectivity index (χ4v) is 4.50. The van der Waals surface area contributed by atoms with Gasteiger partial charge in [-0.1, -0.05) is 36.4 Å². The van der Waals surface area contributed by atoms with Crippen molar-refractivity contribution in [2.75, 3.05) is 32.6 Å². The number of likely N-dealkylation sites (tertiary alicyclic amines) is 1. The number of methoxy groups -OCH3 is 2. The highest BCUT2D eigenvalue weighted by molar-refractivity contribution is 5.94. The fourth-order valence-electron chi connectivity index (χ4n) is 4.50. The van der Waals surface area contributed by atoms with Crippen LogP contribution in [0.2, 0.25) is 0 Å². The summed E-state index contributed by atoms with van der Waals surface area (Å²) in [4.78, 5) is 15.4. The first-order valence-electron chi connectivity index (χ1n) is 11.2. The number of nitrogens with zero attached hydrogens (tertiary/aromatic N) is 1. The van der Waals surface area contributed by atoms with Crippen molar-refractivity contribution in [1.29, 1.82) is 0 Å². The van der Waals surface area contributed by atoms with Crippen LogP contribution < -0.4 is 14.8 Å². The maximum Gasteiger partial charge on any atom is 0.228 e. The van der Waals surface area contributed by atoms with Gasteiger partial charge in [0.05, 0.1) is 25.8 Å². The molecule has 2 atom stereocenters. The molecule has 34 heavy (non-hydrogen) atoms. The first-order valence-corrected chi connectivity index (χ1v) is 11.2. The predicted molar refractivity (Wildman–Crippen MR) is 127 cm³/mol. The zero-order valence-electron chi connectivity index (χ0n) is 19.3. The van der Waals surface area contributed by atoms with E-state index in [1.54, 1.807) is 25.3 Å². The van der Waals surface area contributed by atoms with Crippen molar-refractivity contribution in [2.45, 2.75) is 18.9 Å². The number of benzene rings is 3. The van der Waals surface area contributed by atoms with E-state index >= 15 is 0 Å². The van der Waals surface area contributed by atoms with Crippen LogP contribution in [0.5, 0.6) is 11.5 Å². The SMILES string of the molecule is COc1ccc(NC(=O)C2CC(c3ccccc3)CN(Cc3ccc(F)cc3F)C2)c(OC)c1. The Balaban J connectivity index is 1.55. The molecule has 1 amide bonds. The predicted octanol–water partition coefficient (Wildman–Crippen LogP) is 5.23. The van der Waals surface area contributed by atoms with Crippen LogP contribution in [-0.4, -0.2) is 38.1 Å². The Labute approximate surface area is 198 Å². The molecule has 2 unspecified atom stereocenters. The lowest BCUT2D eigenvalue weighted by molar-refractivity contribution is -0.121. The first-order chi connectivity index (χ1) is 16.5. The summed E-state index contributed by atoms with van der Waals surface area (Å²) < 4.78 is 38.4. The topological polar surface area (TPSA) is 50.8 Å². The summed E-state index contributed by atoms with van der Waals surface area (Å²) >= 11 is 0. The number of nitrogens with one attached hydrogen (secondary N) is 1. The summed E-state index contributed by atoms with van der Waals surface area (Å²) in [5.41, 5.74) is 2.10. The zero-order valence-corrected chi connectivity index (χ0v) is 19.3. The Kier molecular flexibility index (Phi) is 7.43. The molecule has 4 rings (SSSR count). The maximum absolute atomic E-state index is 14.3. The second kappa shape index (κ2) is 10.7. The molecule has 5 nitrogen and oxygen atoms in total. The van der Waals surface area contributed by atoms with Crippen molar-refractivity contribution < 1.29 is 23.0 Å². The molecule has 1 heterocycles. The number of amides is 1. The number of carbonyl (C=O) groups is 1. The van der Waals surface area contributed by atoms with Crippen LogP contribution in [0, 0.1) is 17.6 Å². The molecule has 1 aliphatic heterocycles. The Morgan fingerprint density at radius 3 is 2.50 bits per heavy atom. The lowest BCUT2D eigenvalue weighted by Gasteiger charge is -2.37. The number of halogens is 2. The standard InChI is InChI=1S/C27H28F2N2O3/c1-33-23-10-11-25(26(14-23)34-2)30-27(32)21-12-20(18-6-4-3-5-7-18)16-31(17-21)15-19-8-9-22(28)13-24(19)29/h3-11,13-14,20-21H,12,15-17H2,1-2H3,(H,30,32). The molecule has 0 saturated carbocycles. The van der Waals surface area contributed by atoms with Crippen LogP contribution in [0.3, 0.4) is 0 Å². The van der Waals surface area contributed by atoms with Gasteiger partial charge in [-0.3, -0.25) is 9.69 Å². The molecular weight excluding hydrogens is 438 g/mol. The summed E-state index contributed by atoms with van der Waals surface area (Å²) in [5.74, 6) is -0.397. The van der Waals surface area contributed by atoms with E-state index in [0.29, 0.717) is 48.8 Å². The minimum absolute atomic E-state index is 0.104. The van der Waals surface area contributed by atoms with Gasteiger partial charge in [-0.2, -0.15) is 0 Å². The third kappa shape index (κ3) is 5.54. The van der Waals surface area contributed by atoms with Crippen LogP contribution >= 0.6 is 0 Å². The monoisotopic (exact) mass is 466 g/mol. The highest BCUT2D eigenvalue weighted by Crippen LogP contribution is 2.34. The summed E-state index contributed by atoms with van der Waals surface area (Å²) in [6, 6.07) is 18.9. The van der Waals surface area contributed by atoms with Crippen molar-refractivity contribution in [2.24, 2.45) is 5.92 Å². The molecule has 1 saturated heterocycles. The largest absolute Gasteiger partial charge is 0.497 e. The normalized spacial score (nSPS) is 18.4. The first kappa shape index (κ1) is 23.7. The number of hydrogen-bond acceptors (Lipinski definition) is 4. The molecule has 7 heteroatoms. The second-order valence-electron chi connectivity index (χ2n) is 8.53. The average Bonchev–Trinajstić information content (AvgIpc) is 2.86. The highest BCUT2D eigenvalue weighted by atomic mass is 19.1. The molecule has 1 aliphatic rings. The van der Waals surface area contributed by atoms with E-state index in [1.807, 2.05) is 30.3 Å². The fraction of sp³-hybridized carbons (Fsp3) is 0.296. The molecule has 0 aromatic heterocycles. The number of carbonyl (C=O) groups excluding carboxylic acids is 1. The lowest BCUT2D eigenvalue weighted by Crippen LogP contribution is -2.43. The van der Waals surface area contributed by atoms with E-state index < -0.39 is 11.6 Å². The molecule has 3 aromatic rings. The van der Waals surface area contributed by atoms with Crippen molar-refractivity contribution in [1.82, 2.24) is 4.90 Å². The van der Waals surface area contributed by atoms with E-state index in [0.717, 1.165) is 11.6 Å². The number of ether oxygens (including phenoxy) is 2. The van der Waals surface area contributed by atoms with Crippen molar-refractivity contribution in [3.8, 4) is 11.5 Å². The number of piperidine rings is 1. The van der Waals surface area contributed by atoms with Gasteiger partial charge in [0, 0.05) is 37.3 Å². The number of rotatable bonds is 7. The molecule has 178 valence electrons. The van der Waals surface area contributed by atoms with Crippen molar-refractivity contribution in [3.05, 3.63) is 89.5 Å². The summed E-state index contributed by atoms with van der Waals surface area (Å²) in [5, 5.41) is 2.99. The molecule has 3 aromatic carbocycles. The molecule has 0 spiro atoms. The van der Waals surface area contributed by atoms with E-state index in [4.69, 9.17) is 9.47 Å². The second-order valence-corrected chi connectivity index (χ2v) is 8.53. The third-order valence-corrected chi connectivity index (χ3v) is 6.24. The van der Waals surface area contributed by atoms with Gasteiger partial charge in [0.2, 0.25) is 5.91 Å². The Morgan fingerprint density at radius 1 is 1.00 bits per heavy atom. The Hall–Kier alpha value is -3.45. The minimum Gasteiger partial charge on any atom is -0.497 e. The van der Waals surface area contributed by atoms with Crippen LogP contribution in [-0.2, 0) is 11.3 Å². The van der Waals surface area contributed by atoms with E-state index in [-0.39, 0.29) is 17.7 Å². The lowest BCUT2D eigenvalue weighted by atomic mass is 9.83. The van der Waals surface area contributed by atoms with Crippen molar-refractivity contribution >= 4 is 11.6 Å². The number of hydrogen-bond donors (Lipinski definition) is 1. The molecule has 1 N–H and O–H groups in total. The van der Waals surface area contributed by atoms with Crippen LogP contribution in [0.4, 0.5) is 14.5 Å². The summed E-state index contributed by atoms with van der Waals surface area (Å²) in [6.45, 7) is 1.44. The van der Waals surface area contributed by atoms with Gasteiger partial charge in [0.25, 0.3) is 0 Å². The average molecular weight is 467 g/mol. The van der Waals surface area contributed by atoms with Gasteiger partial charge < -0.3 is 14.8 Å². The van der Waals surface area contributed by atoms with Crippen molar-refractivity contribution in [3.63, 3.8) is 0 Å². The number of anilines is 1. The highest BCUT2D eigenvalue weighted by Gasteiger charge is 2.33. The minimum atomic E-state index is -0.604. The van der Waals surface area contributed by atoms with Gasteiger partial charge in [0.1, 0.15) is 23.1 Å². The smallest absolute Gasteiger partial charge is 0.228 e. The molecule has 0 aliphatic carbocycles. The van der Waals surface area contributed by atoms with Crippen LogP contribution in [0.15, 0.2) is 66.7 Å². The quantitative estimate of drug-likeness (QED) is 0.518. The van der Waals surface area contributed by atoms with Gasteiger partial charge in [-0.25, -0.2) is 8.78 Å². The zero-order chi connectivity index (χ0) is 24.1. The summed E-state index contributed by atoms with van der Waals surface area (Å²) in [7, 11) is 3.10. The Morgan fingerprint density at radius 2 is 1.79 bits per heavy atom. The van der Waals surface area contributed by atoms with E-state index in [9.17, 15) is 13.6 Å². The molecule has 0 bridgehead atoms. The van der Waals surface area contributed by atoms with E-state index in [2.05, 4.69) is 10.2 Å². The molecule has 0 radical (unpaired) electrons. The maximum atomic E-state index is 14.3. The molecule has 1 fully saturated rings. The Bertz CT molecular complexity index is 1140. The summed E-state index contributed by atoms with van der Waals surface area (Å²) in [6.07, 6.45) is 0.663. The van der Waals surface area contributed by atoms with Crippen LogP contribution in [0.25, 0.3) is 0 Å².